The molecule has 13 heavy (non-hydrogen) atoms. The quantitative estimate of drug-likeness (QED) is 0.713. The van der Waals surface area contributed by atoms with Crippen LogP contribution in [-0.4, -0.2) is 10.7 Å². The van der Waals surface area contributed by atoms with Gasteiger partial charge >= 0.3 is 0 Å². The van der Waals surface area contributed by atoms with Crippen molar-refractivity contribution in [3.63, 3.8) is 0 Å². The average molecular weight is 184 g/mol. The Kier molecular flexibility index (Phi) is 3.78. The van der Waals surface area contributed by atoms with Gasteiger partial charge in [-0.15, -0.1) is 0 Å². The molecule has 0 saturated heterocycles. The SMILES string of the molecule is CCCC1(O)CCC(C(C)C)CC1. The molecule has 1 rings (SSSR count). The average Bonchev–Trinajstić information content (AvgIpc) is 2.05. The van der Waals surface area contributed by atoms with E-state index < -0.39 is 0 Å². The highest BCUT2D eigenvalue weighted by molar-refractivity contribution is 4.85. The Hall–Kier alpha value is -0.0400. The van der Waals surface area contributed by atoms with E-state index in [2.05, 4.69) is 20.8 Å². The largest absolute Gasteiger partial charge is 0.390 e. The molecule has 1 heteroatoms. The number of rotatable bonds is 3. The maximum atomic E-state index is 10.2. The predicted octanol–water partition coefficient (Wildman–Crippen LogP) is 3.36. The third-order valence-corrected chi connectivity index (χ3v) is 3.62. The van der Waals surface area contributed by atoms with Gasteiger partial charge in [-0.3, -0.25) is 0 Å². The summed E-state index contributed by atoms with van der Waals surface area (Å²) in [5.41, 5.74) is -0.305. The number of hydrogen-bond donors (Lipinski definition) is 1. The van der Waals surface area contributed by atoms with Crippen molar-refractivity contribution >= 4 is 0 Å². The van der Waals surface area contributed by atoms with E-state index in [4.69, 9.17) is 0 Å². The third kappa shape index (κ3) is 2.98. The van der Waals surface area contributed by atoms with Gasteiger partial charge in [0.15, 0.2) is 0 Å². The van der Waals surface area contributed by atoms with E-state index in [9.17, 15) is 5.11 Å². The van der Waals surface area contributed by atoms with Crippen LogP contribution in [0.5, 0.6) is 0 Å². The fourth-order valence-electron chi connectivity index (χ4n) is 2.56. The van der Waals surface area contributed by atoms with Crippen LogP contribution in [0, 0.1) is 11.8 Å². The second-order valence-corrected chi connectivity index (χ2v) is 5.06. The van der Waals surface area contributed by atoms with Gasteiger partial charge in [-0.25, -0.2) is 0 Å². The molecule has 1 saturated carbocycles. The van der Waals surface area contributed by atoms with E-state index in [0.29, 0.717) is 0 Å². The molecular formula is C12H24O. The topological polar surface area (TPSA) is 20.2 Å². The van der Waals surface area contributed by atoms with Crippen LogP contribution in [0.15, 0.2) is 0 Å². The lowest BCUT2D eigenvalue weighted by molar-refractivity contribution is -0.0224. The first-order valence-corrected chi connectivity index (χ1v) is 5.80. The molecule has 0 spiro atoms. The van der Waals surface area contributed by atoms with Crippen LogP contribution in [-0.2, 0) is 0 Å². The van der Waals surface area contributed by atoms with Crippen LogP contribution in [0.25, 0.3) is 0 Å². The zero-order valence-electron chi connectivity index (χ0n) is 9.34. The monoisotopic (exact) mass is 184 g/mol. The Morgan fingerprint density at radius 3 is 2.23 bits per heavy atom. The Labute approximate surface area is 82.5 Å². The van der Waals surface area contributed by atoms with E-state index in [1.54, 1.807) is 0 Å². The molecule has 0 bridgehead atoms. The first-order valence-electron chi connectivity index (χ1n) is 5.80. The van der Waals surface area contributed by atoms with Gasteiger partial charge in [0.25, 0.3) is 0 Å². The molecule has 0 atom stereocenters. The summed E-state index contributed by atoms with van der Waals surface area (Å²) >= 11 is 0. The number of aliphatic hydroxyl groups is 1. The van der Waals surface area contributed by atoms with Gasteiger partial charge in [0.1, 0.15) is 0 Å². The third-order valence-electron chi connectivity index (χ3n) is 3.62. The van der Waals surface area contributed by atoms with Crippen molar-refractivity contribution in [3.8, 4) is 0 Å². The smallest absolute Gasteiger partial charge is 0.0648 e. The van der Waals surface area contributed by atoms with E-state index in [1.807, 2.05) is 0 Å². The van der Waals surface area contributed by atoms with Crippen LogP contribution in [0.1, 0.15) is 59.3 Å². The van der Waals surface area contributed by atoms with Crippen molar-refractivity contribution < 1.29 is 5.11 Å². The minimum atomic E-state index is -0.305. The van der Waals surface area contributed by atoms with Gasteiger partial charge in [-0.05, 0) is 43.9 Å². The minimum absolute atomic E-state index is 0.305. The minimum Gasteiger partial charge on any atom is -0.390 e. The van der Waals surface area contributed by atoms with E-state index in [-0.39, 0.29) is 5.60 Å². The van der Waals surface area contributed by atoms with E-state index >= 15 is 0 Å². The van der Waals surface area contributed by atoms with E-state index in [1.165, 1.54) is 12.8 Å². The highest BCUT2D eigenvalue weighted by Crippen LogP contribution is 2.37. The lowest BCUT2D eigenvalue weighted by Crippen LogP contribution is -2.34. The molecule has 1 aliphatic carbocycles. The molecule has 0 radical (unpaired) electrons. The molecule has 0 aromatic heterocycles. The summed E-state index contributed by atoms with van der Waals surface area (Å²) < 4.78 is 0. The lowest BCUT2D eigenvalue weighted by Gasteiger charge is -2.37. The molecule has 0 amide bonds. The standard InChI is InChI=1S/C12H24O/c1-4-7-12(13)8-5-11(6-9-12)10(2)3/h10-11,13H,4-9H2,1-3H3. The molecule has 1 fully saturated rings. The molecule has 0 aromatic carbocycles. The normalized spacial score (nSPS) is 35.3. The van der Waals surface area contributed by atoms with Gasteiger partial charge in [0, 0.05) is 0 Å². The van der Waals surface area contributed by atoms with Gasteiger partial charge in [-0.2, -0.15) is 0 Å². The molecule has 1 aliphatic rings. The van der Waals surface area contributed by atoms with Crippen LogP contribution in [0.4, 0.5) is 0 Å². The lowest BCUT2D eigenvalue weighted by atomic mass is 9.73. The Balaban J connectivity index is 2.37. The molecule has 0 aliphatic heterocycles. The van der Waals surface area contributed by atoms with Gasteiger partial charge < -0.3 is 5.11 Å². The van der Waals surface area contributed by atoms with Crippen molar-refractivity contribution in [1.82, 2.24) is 0 Å². The Morgan fingerprint density at radius 2 is 1.85 bits per heavy atom. The Bertz CT molecular complexity index is 143. The Morgan fingerprint density at radius 1 is 1.31 bits per heavy atom. The highest BCUT2D eigenvalue weighted by atomic mass is 16.3. The van der Waals surface area contributed by atoms with E-state index in [0.717, 1.165) is 37.5 Å². The molecular weight excluding hydrogens is 160 g/mol. The summed E-state index contributed by atoms with van der Waals surface area (Å²) in [6.45, 7) is 6.76. The predicted molar refractivity (Wildman–Crippen MR) is 56.7 cm³/mol. The summed E-state index contributed by atoms with van der Waals surface area (Å²) in [5, 5.41) is 10.2. The van der Waals surface area contributed by atoms with Crippen LogP contribution in [0.2, 0.25) is 0 Å². The van der Waals surface area contributed by atoms with Gasteiger partial charge in [0.2, 0.25) is 0 Å². The zero-order valence-corrected chi connectivity index (χ0v) is 9.34. The van der Waals surface area contributed by atoms with Crippen molar-refractivity contribution in [1.29, 1.82) is 0 Å². The zero-order chi connectivity index (χ0) is 9.90. The van der Waals surface area contributed by atoms with Gasteiger partial charge in [-0.1, -0.05) is 27.2 Å². The maximum Gasteiger partial charge on any atom is 0.0648 e. The second-order valence-electron chi connectivity index (χ2n) is 5.06. The molecule has 78 valence electrons. The molecule has 1 nitrogen and oxygen atoms in total. The van der Waals surface area contributed by atoms with Crippen molar-refractivity contribution in [2.75, 3.05) is 0 Å². The summed E-state index contributed by atoms with van der Waals surface area (Å²) in [4.78, 5) is 0. The first kappa shape index (κ1) is 11.0. The second kappa shape index (κ2) is 4.45. The van der Waals surface area contributed by atoms with Crippen molar-refractivity contribution in [2.24, 2.45) is 11.8 Å². The molecule has 0 unspecified atom stereocenters. The van der Waals surface area contributed by atoms with Crippen LogP contribution >= 0.6 is 0 Å². The molecule has 1 N–H and O–H groups in total. The molecule has 0 heterocycles. The summed E-state index contributed by atoms with van der Waals surface area (Å²) in [5.74, 6) is 1.66. The summed E-state index contributed by atoms with van der Waals surface area (Å²) in [6.07, 6.45) is 6.64. The van der Waals surface area contributed by atoms with Gasteiger partial charge in [0.05, 0.1) is 5.60 Å². The fraction of sp³-hybridized carbons (Fsp3) is 1.00. The van der Waals surface area contributed by atoms with Crippen LogP contribution < -0.4 is 0 Å². The first-order chi connectivity index (χ1) is 6.07. The highest BCUT2D eigenvalue weighted by Gasteiger charge is 2.32. The fourth-order valence-corrected chi connectivity index (χ4v) is 2.56. The maximum absolute atomic E-state index is 10.2. The molecule has 0 aromatic rings. The summed E-state index contributed by atoms with van der Waals surface area (Å²) in [7, 11) is 0. The number of hydrogen-bond acceptors (Lipinski definition) is 1. The van der Waals surface area contributed by atoms with Crippen LogP contribution in [0.3, 0.4) is 0 Å². The van der Waals surface area contributed by atoms with Crippen molar-refractivity contribution in [3.05, 3.63) is 0 Å². The summed E-state index contributed by atoms with van der Waals surface area (Å²) in [6, 6.07) is 0. The van der Waals surface area contributed by atoms with Crippen molar-refractivity contribution in [2.45, 2.75) is 64.9 Å².